The first kappa shape index (κ1) is 25.4. The van der Waals surface area contributed by atoms with E-state index in [1.807, 2.05) is 5.57 Å². The van der Waals surface area contributed by atoms with E-state index in [4.69, 9.17) is 0 Å². The Morgan fingerprint density at radius 2 is 1.82 bits per heavy atom. The Kier molecular flexibility index (Phi) is 7.14. The molecule has 34 heavy (non-hydrogen) atoms. The molecule has 0 radical (unpaired) electrons. The van der Waals surface area contributed by atoms with Crippen LogP contribution in [0.15, 0.2) is 11.6 Å². The van der Waals surface area contributed by atoms with Crippen molar-refractivity contribution in [1.82, 2.24) is 0 Å². The molecule has 0 N–H and O–H groups in total. The molecule has 4 saturated carbocycles. The smallest absolute Gasteiger partial charge is 0.00853 e. The highest BCUT2D eigenvalue weighted by atomic mass is 14.6. The molecule has 0 heteroatoms. The summed E-state index contributed by atoms with van der Waals surface area (Å²) in [6.07, 6.45) is 26.5. The second kappa shape index (κ2) is 9.56. The largest absolute Gasteiger partial charge is 0.0845 e. The fraction of sp³-hybridized carbons (Fsp3) is 0.941. The monoisotopic (exact) mass is 466 g/mol. The molecule has 10 atom stereocenters. The fourth-order valence-corrected chi connectivity index (χ4v) is 11.6. The van der Waals surface area contributed by atoms with Gasteiger partial charge in [-0.3, -0.25) is 0 Å². The quantitative estimate of drug-likeness (QED) is 0.341. The number of rotatable bonds is 6. The van der Waals surface area contributed by atoms with Gasteiger partial charge in [-0.2, -0.15) is 0 Å². The van der Waals surface area contributed by atoms with E-state index in [9.17, 15) is 0 Å². The Morgan fingerprint density at radius 1 is 1.00 bits per heavy atom. The summed E-state index contributed by atoms with van der Waals surface area (Å²) < 4.78 is 0. The number of hydrogen-bond donors (Lipinski definition) is 0. The summed E-state index contributed by atoms with van der Waals surface area (Å²) in [4.78, 5) is 0. The molecule has 0 aromatic rings. The second-order valence-electron chi connectivity index (χ2n) is 15.4. The lowest BCUT2D eigenvalue weighted by molar-refractivity contribution is -0.0511. The molecule has 0 nitrogen and oxygen atoms in total. The van der Waals surface area contributed by atoms with Crippen LogP contribution < -0.4 is 0 Å². The summed E-state index contributed by atoms with van der Waals surface area (Å²) in [7, 11) is 0. The van der Waals surface area contributed by atoms with Gasteiger partial charge >= 0.3 is 0 Å². The second-order valence-corrected chi connectivity index (χ2v) is 15.4. The lowest BCUT2D eigenvalue weighted by atomic mass is 9.47. The first-order valence-electron chi connectivity index (χ1n) is 15.9. The van der Waals surface area contributed by atoms with Gasteiger partial charge in [-0.1, -0.05) is 72.5 Å². The van der Waals surface area contributed by atoms with Gasteiger partial charge in [0.25, 0.3) is 0 Å². The van der Waals surface area contributed by atoms with E-state index < -0.39 is 0 Å². The van der Waals surface area contributed by atoms with Crippen LogP contribution in [0.25, 0.3) is 0 Å². The Labute approximate surface area is 213 Å². The first-order valence-corrected chi connectivity index (χ1v) is 15.9. The van der Waals surface area contributed by atoms with Crippen molar-refractivity contribution < 1.29 is 0 Å². The van der Waals surface area contributed by atoms with Crippen molar-refractivity contribution in [2.45, 2.75) is 144 Å². The third-order valence-corrected chi connectivity index (χ3v) is 13.0. The van der Waals surface area contributed by atoms with Crippen LogP contribution in [-0.2, 0) is 0 Å². The van der Waals surface area contributed by atoms with Gasteiger partial charge in [0, 0.05) is 0 Å². The third kappa shape index (κ3) is 4.38. The average Bonchev–Trinajstić information content (AvgIpc) is 3.14. The van der Waals surface area contributed by atoms with Crippen LogP contribution in [0.1, 0.15) is 144 Å². The minimum Gasteiger partial charge on any atom is -0.0845 e. The van der Waals surface area contributed by atoms with Crippen LogP contribution in [0, 0.1) is 57.7 Å². The fourth-order valence-electron chi connectivity index (χ4n) is 11.6. The molecule has 4 fully saturated rings. The molecular formula is C34H58. The number of allylic oxidation sites excluding steroid dienone is 2. The van der Waals surface area contributed by atoms with Crippen molar-refractivity contribution in [1.29, 1.82) is 0 Å². The van der Waals surface area contributed by atoms with E-state index in [0.29, 0.717) is 16.2 Å². The zero-order valence-electron chi connectivity index (χ0n) is 23.9. The first-order chi connectivity index (χ1) is 16.2. The van der Waals surface area contributed by atoms with E-state index in [2.05, 4.69) is 47.6 Å². The molecule has 5 aliphatic rings. The van der Waals surface area contributed by atoms with Gasteiger partial charge in [-0.05, 0) is 141 Å². The number of hydrogen-bond acceptors (Lipinski definition) is 0. The predicted molar refractivity (Wildman–Crippen MR) is 148 cm³/mol. The SMILES string of the molecule is CCCC1CC(C)CC(C)(CCC(C)C2CCC3C4CC=C5CCCCC5(C)C4CCC23C)C1. The molecule has 5 rings (SSSR count). The third-order valence-electron chi connectivity index (χ3n) is 13.0. The molecule has 5 aliphatic carbocycles. The highest BCUT2D eigenvalue weighted by Gasteiger charge is 2.58. The van der Waals surface area contributed by atoms with Crippen molar-refractivity contribution >= 4 is 0 Å². The van der Waals surface area contributed by atoms with Crippen LogP contribution >= 0.6 is 0 Å². The molecule has 194 valence electrons. The van der Waals surface area contributed by atoms with Gasteiger partial charge in [0.2, 0.25) is 0 Å². The topological polar surface area (TPSA) is 0 Å². The van der Waals surface area contributed by atoms with Crippen molar-refractivity contribution in [3.8, 4) is 0 Å². The van der Waals surface area contributed by atoms with Crippen LogP contribution in [0.4, 0.5) is 0 Å². The average molecular weight is 467 g/mol. The summed E-state index contributed by atoms with van der Waals surface area (Å²) >= 11 is 0. The van der Waals surface area contributed by atoms with Gasteiger partial charge in [-0.25, -0.2) is 0 Å². The molecule has 0 aliphatic heterocycles. The molecule has 0 bridgehead atoms. The number of fused-ring (bicyclic) bond motifs is 5. The maximum atomic E-state index is 2.77. The Hall–Kier alpha value is -0.260. The van der Waals surface area contributed by atoms with Gasteiger partial charge in [-0.15, -0.1) is 0 Å². The van der Waals surface area contributed by atoms with Gasteiger partial charge < -0.3 is 0 Å². The normalized spacial score (nSPS) is 49.5. The summed E-state index contributed by atoms with van der Waals surface area (Å²) in [5.41, 5.74) is 3.68. The molecular weight excluding hydrogens is 408 g/mol. The predicted octanol–water partition coefficient (Wildman–Crippen LogP) is 10.6. The van der Waals surface area contributed by atoms with Gasteiger partial charge in [0.05, 0.1) is 0 Å². The van der Waals surface area contributed by atoms with E-state index in [-0.39, 0.29) is 0 Å². The molecule has 10 unspecified atom stereocenters. The Bertz CT molecular complexity index is 747. The highest BCUT2D eigenvalue weighted by Crippen LogP contribution is 2.67. The zero-order valence-corrected chi connectivity index (χ0v) is 23.9. The summed E-state index contributed by atoms with van der Waals surface area (Å²) in [6.45, 7) is 15.7. The van der Waals surface area contributed by atoms with E-state index in [1.54, 1.807) is 6.42 Å². The summed E-state index contributed by atoms with van der Waals surface area (Å²) in [5, 5.41) is 0. The summed E-state index contributed by atoms with van der Waals surface area (Å²) in [5.74, 6) is 6.86. The van der Waals surface area contributed by atoms with Crippen LogP contribution in [-0.4, -0.2) is 0 Å². The molecule has 0 heterocycles. The van der Waals surface area contributed by atoms with Crippen molar-refractivity contribution in [3.05, 3.63) is 11.6 Å². The van der Waals surface area contributed by atoms with Gasteiger partial charge in [0.15, 0.2) is 0 Å². The molecule has 0 spiro atoms. The lowest BCUT2D eigenvalue weighted by Gasteiger charge is -2.58. The van der Waals surface area contributed by atoms with Crippen LogP contribution in [0.3, 0.4) is 0 Å². The van der Waals surface area contributed by atoms with Gasteiger partial charge in [0.1, 0.15) is 0 Å². The Balaban J connectivity index is 1.25. The van der Waals surface area contributed by atoms with E-state index >= 15 is 0 Å². The van der Waals surface area contributed by atoms with E-state index in [0.717, 1.165) is 41.4 Å². The summed E-state index contributed by atoms with van der Waals surface area (Å²) in [6, 6.07) is 0. The molecule has 0 saturated heterocycles. The van der Waals surface area contributed by atoms with E-state index in [1.165, 1.54) is 96.3 Å². The minimum absolute atomic E-state index is 0.563. The maximum Gasteiger partial charge on any atom is -0.00853 e. The van der Waals surface area contributed by atoms with Crippen LogP contribution in [0.2, 0.25) is 0 Å². The Morgan fingerprint density at radius 3 is 2.62 bits per heavy atom. The van der Waals surface area contributed by atoms with Crippen molar-refractivity contribution in [2.75, 3.05) is 0 Å². The standard InChI is InChI=1S/C34H58/c1-7-10-26-21-24(2)22-32(4,23-26)19-16-25(3)29-14-15-30-28-13-12-27-11-8-9-18-33(27,5)31(28)17-20-34(29,30)6/h12,24-26,28-31H,7-11,13-23H2,1-6H3. The van der Waals surface area contributed by atoms with Crippen LogP contribution in [0.5, 0.6) is 0 Å². The minimum atomic E-state index is 0.563. The molecule has 0 aromatic carbocycles. The molecule has 0 amide bonds. The lowest BCUT2D eigenvalue weighted by Crippen LogP contribution is -2.50. The maximum absolute atomic E-state index is 2.77. The van der Waals surface area contributed by atoms with Crippen molar-refractivity contribution in [3.63, 3.8) is 0 Å². The van der Waals surface area contributed by atoms with Crippen molar-refractivity contribution in [2.24, 2.45) is 57.7 Å². The highest BCUT2D eigenvalue weighted by molar-refractivity contribution is 5.24. The molecule has 0 aromatic heterocycles. The zero-order chi connectivity index (χ0) is 24.1.